The maximum absolute atomic E-state index is 5.17. The largest absolute Gasteiger partial charge is 0.363 e. The van der Waals surface area contributed by atoms with Crippen LogP contribution in [0.4, 0.5) is 0 Å². The van der Waals surface area contributed by atoms with Crippen molar-refractivity contribution in [3.05, 3.63) is 0 Å². The standard InChI is InChI=1S/C17H38N6S2.2ClH/c1-3-8-20-16(24)22-14-6-12-18-10-5-11-19-13-7-15-23-17(25)21-9-4-2;;/h18-19H,3-15H2,1-2H3,(H2,20,22,24)(H2,21,23,25);2*1H. The minimum atomic E-state index is 0. The summed E-state index contributed by atoms with van der Waals surface area (Å²) in [6, 6.07) is 0. The molecule has 0 aliphatic carbocycles. The minimum absolute atomic E-state index is 0. The maximum atomic E-state index is 5.17. The lowest BCUT2D eigenvalue weighted by Gasteiger charge is -2.10. The molecule has 0 aliphatic rings. The average molecular weight is 464 g/mol. The monoisotopic (exact) mass is 462 g/mol. The van der Waals surface area contributed by atoms with Crippen LogP contribution in [-0.4, -0.2) is 62.6 Å². The summed E-state index contributed by atoms with van der Waals surface area (Å²) in [6.45, 7) is 12.1. The first-order valence-corrected chi connectivity index (χ1v) is 10.5. The highest BCUT2D eigenvalue weighted by Gasteiger charge is 1.95. The van der Waals surface area contributed by atoms with Crippen LogP contribution < -0.4 is 31.9 Å². The SMILES string of the molecule is CCCNC(=S)NCCCNCCCNCCCNC(=S)NCCC.Cl.Cl. The van der Waals surface area contributed by atoms with Crippen LogP contribution in [0.5, 0.6) is 0 Å². The minimum Gasteiger partial charge on any atom is -0.363 e. The van der Waals surface area contributed by atoms with Gasteiger partial charge < -0.3 is 31.9 Å². The molecular weight excluding hydrogens is 423 g/mol. The van der Waals surface area contributed by atoms with Gasteiger partial charge in [-0.1, -0.05) is 13.8 Å². The van der Waals surface area contributed by atoms with Crippen molar-refractivity contribution in [1.29, 1.82) is 0 Å². The van der Waals surface area contributed by atoms with E-state index in [1.54, 1.807) is 0 Å². The number of thiocarbonyl (C=S) groups is 2. The van der Waals surface area contributed by atoms with E-state index < -0.39 is 0 Å². The Morgan fingerprint density at radius 2 is 0.815 bits per heavy atom. The summed E-state index contributed by atoms with van der Waals surface area (Å²) in [5.41, 5.74) is 0. The van der Waals surface area contributed by atoms with Gasteiger partial charge in [0.2, 0.25) is 0 Å². The Morgan fingerprint density at radius 3 is 1.15 bits per heavy atom. The predicted molar refractivity (Wildman–Crippen MR) is 132 cm³/mol. The smallest absolute Gasteiger partial charge is 0.166 e. The van der Waals surface area contributed by atoms with Gasteiger partial charge in [0.25, 0.3) is 0 Å². The second-order valence-corrected chi connectivity index (χ2v) is 6.74. The van der Waals surface area contributed by atoms with Gasteiger partial charge in [-0.3, -0.25) is 0 Å². The highest BCUT2D eigenvalue weighted by Crippen LogP contribution is 1.80. The highest BCUT2D eigenvalue weighted by atomic mass is 35.5. The Bertz CT molecular complexity index is 309. The third kappa shape index (κ3) is 25.9. The molecule has 0 radical (unpaired) electrons. The van der Waals surface area contributed by atoms with Crippen molar-refractivity contribution < 1.29 is 0 Å². The highest BCUT2D eigenvalue weighted by molar-refractivity contribution is 7.80. The molecule has 10 heteroatoms. The van der Waals surface area contributed by atoms with Gasteiger partial charge in [-0.2, -0.15) is 0 Å². The topological polar surface area (TPSA) is 72.2 Å². The fourth-order valence-electron chi connectivity index (χ4n) is 2.02. The van der Waals surface area contributed by atoms with E-state index in [0.717, 1.165) is 94.7 Å². The van der Waals surface area contributed by atoms with Crippen molar-refractivity contribution in [1.82, 2.24) is 31.9 Å². The lowest BCUT2D eigenvalue weighted by Crippen LogP contribution is -2.37. The summed E-state index contributed by atoms with van der Waals surface area (Å²) in [5, 5.41) is 21.2. The summed E-state index contributed by atoms with van der Waals surface area (Å²) in [6.07, 6.45) is 5.50. The van der Waals surface area contributed by atoms with Crippen LogP contribution in [0.15, 0.2) is 0 Å². The second kappa shape index (κ2) is 25.9. The van der Waals surface area contributed by atoms with Crippen LogP contribution in [0.2, 0.25) is 0 Å². The van der Waals surface area contributed by atoms with Crippen molar-refractivity contribution in [2.24, 2.45) is 0 Å². The van der Waals surface area contributed by atoms with Crippen molar-refractivity contribution >= 4 is 59.5 Å². The summed E-state index contributed by atoms with van der Waals surface area (Å²) in [5.74, 6) is 0. The van der Waals surface area contributed by atoms with Gasteiger partial charge in [-0.05, 0) is 82.7 Å². The quantitative estimate of drug-likeness (QED) is 0.153. The van der Waals surface area contributed by atoms with E-state index in [1.807, 2.05) is 0 Å². The van der Waals surface area contributed by atoms with Gasteiger partial charge in [-0.15, -0.1) is 24.8 Å². The lowest BCUT2D eigenvalue weighted by atomic mass is 10.3. The Hall–Kier alpha value is -0.120. The first-order valence-electron chi connectivity index (χ1n) is 9.65. The summed E-state index contributed by atoms with van der Waals surface area (Å²) >= 11 is 10.3. The van der Waals surface area contributed by atoms with Crippen LogP contribution in [0.25, 0.3) is 0 Å². The molecule has 27 heavy (non-hydrogen) atoms. The molecule has 0 aromatic carbocycles. The van der Waals surface area contributed by atoms with E-state index in [0.29, 0.717) is 0 Å². The Balaban J connectivity index is -0.00000288. The molecule has 0 aromatic heterocycles. The molecule has 0 atom stereocenters. The second-order valence-electron chi connectivity index (χ2n) is 5.93. The van der Waals surface area contributed by atoms with Gasteiger partial charge in [0.15, 0.2) is 10.2 Å². The van der Waals surface area contributed by atoms with Gasteiger partial charge in [0.1, 0.15) is 0 Å². The van der Waals surface area contributed by atoms with Gasteiger partial charge in [-0.25, -0.2) is 0 Å². The molecule has 0 rings (SSSR count). The van der Waals surface area contributed by atoms with E-state index >= 15 is 0 Å². The van der Waals surface area contributed by atoms with E-state index in [9.17, 15) is 0 Å². The molecule has 164 valence electrons. The number of hydrogen-bond acceptors (Lipinski definition) is 4. The van der Waals surface area contributed by atoms with Crippen LogP contribution in [-0.2, 0) is 0 Å². The zero-order valence-electron chi connectivity index (χ0n) is 16.8. The molecule has 0 aliphatic heterocycles. The first-order chi connectivity index (χ1) is 12.2. The number of nitrogens with one attached hydrogen (secondary N) is 6. The van der Waals surface area contributed by atoms with Gasteiger partial charge in [0, 0.05) is 26.2 Å². The summed E-state index contributed by atoms with van der Waals surface area (Å²) in [7, 11) is 0. The lowest BCUT2D eigenvalue weighted by molar-refractivity contribution is 0.571. The fourth-order valence-corrected chi connectivity index (χ4v) is 2.43. The van der Waals surface area contributed by atoms with Crippen molar-refractivity contribution in [2.75, 3.05) is 52.4 Å². The molecular formula is C17H40Cl2N6S2. The van der Waals surface area contributed by atoms with E-state index in [4.69, 9.17) is 24.4 Å². The molecule has 0 spiro atoms. The molecule has 0 saturated carbocycles. The predicted octanol–water partition coefficient (Wildman–Crippen LogP) is 1.93. The van der Waals surface area contributed by atoms with E-state index in [1.165, 1.54) is 0 Å². The fraction of sp³-hybridized carbons (Fsp3) is 0.882. The number of halogens is 2. The number of hydrogen-bond donors (Lipinski definition) is 6. The molecule has 0 fully saturated rings. The molecule has 6 nitrogen and oxygen atoms in total. The van der Waals surface area contributed by atoms with Gasteiger partial charge >= 0.3 is 0 Å². The van der Waals surface area contributed by atoms with Crippen LogP contribution >= 0.6 is 49.2 Å². The van der Waals surface area contributed by atoms with Crippen molar-refractivity contribution in [3.63, 3.8) is 0 Å². The molecule has 0 aromatic rings. The van der Waals surface area contributed by atoms with Gasteiger partial charge in [0.05, 0.1) is 0 Å². The Labute approximate surface area is 189 Å². The number of rotatable bonds is 16. The van der Waals surface area contributed by atoms with Crippen molar-refractivity contribution in [3.8, 4) is 0 Å². The first kappa shape index (κ1) is 31.6. The summed E-state index contributed by atoms with van der Waals surface area (Å²) < 4.78 is 0. The molecule has 0 saturated heterocycles. The molecule has 0 bridgehead atoms. The molecule has 6 N–H and O–H groups in total. The average Bonchev–Trinajstić information content (AvgIpc) is 2.61. The van der Waals surface area contributed by atoms with Crippen LogP contribution in [0.3, 0.4) is 0 Å². The Kier molecular flexibility index (Phi) is 30.3. The Morgan fingerprint density at radius 1 is 0.519 bits per heavy atom. The zero-order valence-corrected chi connectivity index (χ0v) is 20.1. The normalized spacial score (nSPS) is 9.56. The third-order valence-corrected chi connectivity index (χ3v) is 3.99. The van der Waals surface area contributed by atoms with Crippen LogP contribution in [0.1, 0.15) is 46.0 Å². The zero-order chi connectivity index (χ0) is 18.6. The molecule has 0 heterocycles. The molecule has 0 unspecified atom stereocenters. The van der Waals surface area contributed by atoms with Crippen LogP contribution in [0, 0.1) is 0 Å². The van der Waals surface area contributed by atoms with Crippen molar-refractivity contribution in [2.45, 2.75) is 46.0 Å². The van der Waals surface area contributed by atoms with E-state index in [-0.39, 0.29) is 24.8 Å². The van der Waals surface area contributed by atoms with E-state index in [2.05, 4.69) is 45.7 Å². The summed E-state index contributed by atoms with van der Waals surface area (Å²) in [4.78, 5) is 0. The maximum Gasteiger partial charge on any atom is 0.166 e. The molecule has 0 amide bonds. The third-order valence-electron chi connectivity index (χ3n) is 3.41.